The number of hydrogen-bond donors (Lipinski definition) is 2. The van der Waals surface area contributed by atoms with Crippen LogP contribution in [0.4, 0.5) is 15.8 Å². The number of thioether (sulfide) groups is 1. The number of amides is 2. The van der Waals surface area contributed by atoms with Crippen LogP contribution in [0.3, 0.4) is 0 Å². The minimum Gasteiger partial charge on any atom is -0.324 e. The molecule has 2 aromatic carbocycles. The lowest BCUT2D eigenvalue weighted by atomic mass is 10.2. The molecular formula is C15H11FN2O2S. The summed E-state index contributed by atoms with van der Waals surface area (Å²) in [4.78, 5) is 24.3. The molecule has 0 saturated carbocycles. The smallest absolute Gasteiger partial charge is 0.255 e. The predicted molar refractivity (Wildman–Crippen MR) is 80.1 cm³/mol. The molecule has 0 aliphatic carbocycles. The van der Waals surface area contributed by atoms with Crippen LogP contribution in [-0.2, 0) is 4.79 Å². The maximum Gasteiger partial charge on any atom is 0.255 e. The average molecular weight is 302 g/mol. The highest BCUT2D eigenvalue weighted by molar-refractivity contribution is 8.00. The maximum atomic E-state index is 13.1. The quantitative estimate of drug-likeness (QED) is 0.896. The van der Waals surface area contributed by atoms with Crippen LogP contribution in [-0.4, -0.2) is 17.6 Å². The van der Waals surface area contributed by atoms with E-state index < -0.39 is 11.7 Å². The third-order valence-corrected chi connectivity index (χ3v) is 4.03. The summed E-state index contributed by atoms with van der Waals surface area (Å²) in [6.45, 7) is 0. The summed E-state index contributed by atoms with van der Waals surface area (Å²) in [5.41, 5.74) is 1.46. The molecule has 0 saturated heterocycles. The lowest BCUT2D eigenvalue weighted by Crippen LogP contribution is -2.19. The molecule has 0 aromatic heterocycles. The largest absolute Gasteiger partial charge is 0.324 e. The van der Waals surface area contributed by atoms with Crippen molar-refractivity contribution in [3.05, 3.63) is 53.8 Å². The fourth-order valence-corrected chi connectivity index (χ4v) is 2.78. The van der Waals surface area contributed by atoms with Crippen molar-refractivity contribution < 1.29 is 14.0 Å². The summed E-state index contributed by atoms with van der Waals surface area (Å²) in [5, 5.41) is 5.44. The van der Waals surface area contributed by atoms with Gasteiger partial charge in [0.05, 0.1) is 11.4 Å². The molecule has 0 spiro atoms. The van der Waals surface area contributed by atoms with E-state index in [0.717, 1.165) is 4.90 Å². The SMILES string of the molecule is O=C1CSc2ccc(NC(=O)c3cccc(F)c3)cc2N1. The fraction of sp³-hybridized carbons (Fsp3) is 0.0667. The summed E-state index contributed by atoms with van der Waals surface area (Å²) in [6, 6.07) is 10.7. The van der Waals surface area contributed by atoms with Gasteiger partial charge in [-0.15, -0.1) is 11.8 Å². The van der Waals surface area contributed by atoms with E-state index in [-0.39, 0.29) is 11.5 Å². The van der Waals surface area contributed by atoms with E-state index in [0.29, 0.717) is 17.1 Å². The molecule has 2 aromatic rings. The van der Waals surface area contributed by atoms with Crippen LogP contribution in [0.1, 0.15) is 10.4 Å². The fourth-order valence-electron chi connectivity index (χ4n) is 1.99. The van der Waals surface area contributed by atoms with Gasteiger partial charge in [-0.3, -0.25) is 9.59 Å². The summed E-state index contributed by atoms with van der Waals surface area (Å²) in [6.07, 6.45) is 0. The molecule has 0 radical (unpaired) electrons. The first-order valence-electron chi connectivity index (χ1n) is 6.25. The molecule has 1 aliphatic heterocycles. The molecule has 6 heteroatoms. The first-order valence-corrected chi connectivity index (χ1v) is 7.24. The monoisotopic (exact) mass is 302 g/mol. The summed E-state index contributed by atoms with van der Waals surface area (Å²) in [5.74, 6) is -0.538. The molecule has 21 heavy (non-hydrogen) atoms. The lowest BCUT2D eigenvalue weighted by molar-refractivity contribution is -0.113. The average Bonchev–Trinajstić information content (AvgIpc) is 2.46. The van der Waals surface area contributed by atoms with Gasteiger partial charge in [-0.05, 0) is 36.4 Å². The van der Waals surface area contributed by atoms with Crippen molar-refractivity contribution >= 4 is 35.0 Å². The molecular weight excluding hydrogens is 291 g/mol. The van der Waals surface area contributed by atoms with Gasteiger partial charge in [-0.2, -0.15) is 0 Å². The van der Waals surface area contributed by atoms with Gasteiger partial charge < -0.3 is 10.6 Å². The Morgan fingerprint density at radius 3 is 2.90 bits per heavy atom. The van der Waals surface area contributed by atoms with Crippen molar-refractivity contribution in [2.24, 2.45) is 0 Å². The Hall–Kier alpha value is -2.34. The van der Waals surface area contributed by atoms with Gasteiger partial charge in [-0.25, -0.2) is 4.39 Å². The van der Waals surface area contributed by atoms with E-state index in [4.69, 9.17) is 0 Å². The van der Waals surface area contributed by atoms with Gasteiger partial charge in [0, 0.05) is 16.1 Å². The van der Waals surface area contributed by atoms with Crippen LogP contribution in [0.2, 0.25) is 0 Å². The van der Waals surface area contributed by atoms with Gasteiger partial charge in [0.2, 0.25) is 5.91 Å². The number of anilines is 2. The van der Waals surface area contributed by atoms with Crippen LogP contribution in [0.25, 0.3) is 0 Å². The van der Waals surface area contributed by atoms with E-state index in [1.165, 1.54) is 36.0 Å². The van der Waals surface area contributed by atoms with Crippen LogP contribution in [0.15, 0.2) is 47.4 Å². The predicted octanol–water partition coefficient (Wildman–Crippen LogP) is 3.12. The standard InChI is InChI=1S/C15H11FN2O2S/c16-10-3-1-2-9(6-10)15(20)17-11-4-5-13-12(7-11)18-14(19)8-21-13/h1-7H,8H2,(H,17,20)(H,18,19). The van der Waals surface area contributed by atoms with Gasteiger partial charge in [0.25, 0.3) is 5.91 Å². The summed E-state index contributed by atoms with van der Waals surface area (Å²) >= 11 is 1.45. The summed E-state index contributed by atoms with van der Waals surface area (Å²) < 4.78 is 13.1. The number of halogens is 1. The number of carbonyl (C=O) groups is 2. The zero-order valence-corrected chi connectivity index (χ0v) is 11.7. The molecule has 0 atom stereocenters. The van der Waals surface area contributed by atoms with Crippen LogP contribution >= 0.6 is 11.8 Å². The highest BCUT2D eigenvalue weighted by Crippen LogP contribution is 2.33. The Balaban J connectivity index is 1.80. The molecule has 2 N–H and O–H groups in total. The number of carbonyl (C=O) groups excluding carboxylic acids is 2. The number of fused-ring (bicyclic) bond motifs is 1. The number of hydrogen-bond acceptors (Lipinski definition) is 3. The molecule has 0 bridgehead atoms. The summed E-state index contributed by atoms with van der Waals surface area (Å²) in [7, 11) is 0. The molecule has 0 unspecified atom stereocenters. The lowest BCUT2D eigenvalue weighted by Gasteiger charge is -2.17. The van der Waals surface area contributed by atoms with E-state index >= 15 is 0 Å². The second-order valence-electron chi connectivity index (χ2n) is 4.51. The van der Waals surface area contributed by atoms with Gasteiger partial charge in [0.1, 0.15) is 5.82 Å². The molecule has 3 rings (SSSR count). The van der Waals surface area contributed by atoms with Crippen molar-refractivity contribution in [3.8, 4) is 0 Å². The minimum absolute atomic E-state index is 0.0684. The zero-order valence-electron chi connectivity index (χ0n) is 10.9. The molecule has 106 valence electrons. The van der Waals surface area contributed by atoms with Crippen molar-refractivity contribution in [2.75, 3.05) is 16.4 Å². The maximum absolute atomic E-state index is 13.1. The normalized spacial score (nSPS) is 13.3. The molecule has 2 amide bonds. The van der Waals surface area contributed by atoms with Gasteiger partial charge >= 0.3 is 0 Å². The molecule has 1 aliphatic rings. The number of benzene rings is 2. The first kappa shape index (κ1) is 13.6. The Kier molecular flexibility index (Phi) is 3.62. The van der Waals surface area contributed by atoms with Crippen molar-refractivity contribution in [3.63, 3.8) is 0 Å². The first-order chi connectivity index (χ1) is 10.1. The third-order valence-electron chi connectivity index (χ3n) is 2.96. The topological polar surface area (TPSA) is 58.2 Å². The van der Waals surface area contributed by atoms with Crippen LogP contribution in [0, 0.1) is 5.82 Å². The number of rotatable bonds is 2. The van der Waals surface area contributed by atoms with Gasteiger partial charge in [0.15, 0.2) is 0 Å². The Morgan fingerprint density at radius 2 is 2.10 bits per heavy atom. The van der Waals surface area contributed by atoms with Gasteiger partial charge in [-0.1, -0.05) is 6.07 Å². The van der Waals surface area contributed by atoms with E-state index in [2.05, 4.69) is 10.6 Å². The van der Waals surface area contributed by atoms with E-state index in [1.807, 2.05) is 6.07 Å². The van der Waals surface area contributed by atoms with E-state index in [9.17, 15) is 14.0 Å². The molecule has 4 nitrogen and oxygen atoms in total. The minimum atomic E-state index is -0.461. The van der Waals surface area contributed by atoms with Crippen LogP contribution in [0.5, 0.6) is 0 Å². The molecule has 0 fully saturated rings. The second kappa shape index (κ2) is 5.57. The van der Waals surface area contributed by atoms with E-state index in [1.54, 1.807) is 12.1 Å². The Bertz CT molecular complexity index is 733. The molecule has 1 heterocycles. The highest BCUT2D eigenvalue weighted by atomic mass is 32.2. The zero-order chi connectivity index (χ0) is 14.8. The number of nitrogens with one attached hydrogen (secondary N) is 2. The highest BCUT2D eigenvalue weighted by Gasteiger charge is 2.16. The van der Waals surface area contributed by atoms with Crippen LogP contribution < -0.4 is 10.6 Å². The van der Waals surface area contributed by atoms with Crippen molar-refractivity contribution in [1.29, 1.82) is 0 Å². The third kappa shape index (κ3) is 3.05. The second-order valence-corrected chi connectivity index (χ2v) is 5.53. The van der Waals surface area contributed by atoms with Crippen molar-refractivity contribution in [1.82, 2.24) is 0 Å². The Labute approximate surface area is 124 Å². The Morgan fingerprint density at radius 1 is 1.24 bits per heavy atom. The van der Waals surface area contributed by atoms with Crippen molar-refractivity contribution in [2.45, 2.75) is 4.90 Å².